The number of likely N-dealkylation sites (tertiary alicyclic amines) is 1. The van der Waals surface area contributed by atoms with Crippen molar-refractivity contribution in [3.05, 3.63) is 41.6 Å². The number of carbonyl (C=O) groups excluding carboxylic acids is 1. The van der Waals surface area contributed by atoms with Crippen molar-refractivity contribution in [2.75, 3.05) is 19.6 Å². The molecule has 1 unspecified atom stereocenters. The summed E-state index contributed by atoms with van der Waals surface area (Å²) >= 11 is 0. The van der Waals surface area contributed by atoms with Crippen LogP contribution in [-0.2, 0) is 11.0 Å². The number of carboxylic acids is 1. The average molecular weight is 529 g/mol. The minimum atomic E-state index is -4.61. The van der Waals surface area contributed by atoms with Crippen molar-refractivity contribution in [2.24, 2.45) is 0 Å². The van der Waals surface area contributed by atoms with Gasteiger partial charge in [-0.15, -0.1) is 0 Å². The Bertz CT molecular complexity index is 1110. The van der Waals surface area contributed by atoms with Crippen molar-refractivity contribution in [2.45, 2.75) is 69.1 Å². The SMILES string of the molecule is O=C(O)CC(CCN1C[C@H](F)[C@@H](F)C1)NC(=O)c1cc(-c2ccccc2C(F)(F)F)n(C2CCCC2)n1. The topological polar surface area (TPSA) is 87.5 Å². The van der Waals surface area contributed by atoms with Gasteiger partial charge >= 0.3 is 12.1 Å². The third-order valence-electron chi connectivity index (χ3n) is 6.96. The van der Waals surface area contributed by atoms with E-state index in [1.165, 1.54) is 33.8 Å². The van der Waals surface area contributed by atoms with Gasteiger partial charge < -0.3 is 10.4 Å². The molecule has 1 aromatic carbocycles. The van der Waals surface area contributed by atoms with Crippen molar-refractivity contribution in [3.63, 3.8) is 0 Å². The summed E-state index contributed by atoms with van der Waals surface area (Å²) in [6.07, 6.45) is -4.90. The first-order chi connectivity index (χ1) is 17.5. The Morgan fingerprint density at radius 1 is 1.11 bits per heavy atom. The first-order valence-electron chi connectivity index (χ1n) is 12.3. The number of benzene rings is 1. The van der Waals surface area contributed by atoms with Crippen molar-refractivity contribution in [1.29, 1.82) is 0 Å². The Hall–Kier alpha value is -3.02. The number of amides is 1. The Morgan fingerprint density at radius 2 is 1.76 bits per heavy atom. The molecular formula is C25H29F5N4O3. The van der Waals surface area contributed by atoms with Crippen molar-refractivity contribution in [1.82, 2.24) is 20.0 Å². The van der Waals surface area contributed by atoms with E-state index in [0.717, 1.165) is 18.9 Å². The maximum atomic E-state index is 13.7. The third-order valence-corrected chi connectivity index (χ3v) is 6.96. The smallest absolute Gasteiger partial charge is 0.417 e. The molecule has 37 heavy (non-hydrogen) atoms. The van der Waals surface area contributed by atoms with E-state index in [9.17, 15) is 36.6 Å². The number of nitrogens with zero attached hydrogens (tertiary/aromatic N) is 3. The second kappa shape index (κ2) is 11.2. The number of halogens is 5. The summed E-state index contributed by atoms with van der Waals surface area (Å²) in [5.74, 6) is -1.89. The van der Waals surface area contributed by atoms with E-state index in [1.54, 1.807) is 0 Å². The number of hydrogen-bond acceptors (Lipinski definition) is 4. The van der Waals surface area contributed by atoms with E-state index in [1.807, 2.05) is 0 Å². The van der Waals surface area contributed by atoms with E-state index in [-0.39, 0.29) is 49.0 Å². The average Bonchev–Trinajstić information content (AvgIpc) is 3.57. The Morgan fingerprint density at radius 3 is 2.38 bits per heavy atom. The molecule has 1 aliphatic heterocycles. The van der Waals surface area contributed by atoms with Gasteiger partial charge in [0.25, 0.3) is 5.91 Å². The summed E-state index contributed by atoms with van der Waals surface area (Å²) in [6.45, 7) is -0.0366. The summed E-state index contributed by atoms with van der Waals surface area (Å²) in [6, 6.07) is 5.39. The van der Waals surface area contributed by atoms with Gasteiger partial charge in [0.2, 0.25) is 0 Å². The highest BCUT2D eigenvalue weighted by Gasteiger charge is 2.36. The van der Waals surface area contributed by atoms with E-state index >= 15 is 0 Å². The van der Waals surface area contributed by atoms with Crippen LogP contribution in [0, 0.1) is 0 Å². The molecule has 4 rings (SSSR count). The van der Waals surface area contributed by atoms with Crippen LogP contribution >= 0.6 is 0 Å². The summed E-state index contributed by atoms with van der Waals surface area (Å²) in [5, 5.41) is 16.2. The van der Waals surface area contributed by atoms with Crippen molar-refractivity contribution in [3.8, 4) is 11.3 Å². The van der Waals surface area contributed by atoms with E-state index in [0.29, 0.717) is 12.8 Å². The van der Waals surface area contributed by atoms with Crippen LogP contribution in [0.1, 0.15) is 60.6 Å². The maximum Gasteiger partial charge on any atom is 0.417 e. The number of aromatic nitrogens is 2. The third kappa shape index (κ3) is 6.46. The molecule has 1 amide bonds. The van der Waals surface area contributed by atoms with Crippen LogP contribution in [0.25, 0.3) is 11.3 Å². The first-order valence-corrected chi connectivity index (χ1v) is 12.3. The highest BCUT2D eigenvalue weighted by Crippen LogP contribution is 2.40. The van der Waals surface area contributed by atoms with E-state index in [2.05, 4.69) is 10.4 Å². The number of aliphatic carboxylic acids is 1. The normalized spacial score (nSPS) is 21.9. The lowest BCUT2D eigenvalue weighted by molar-refractivity contribution is -0.138. The van der Waals surface area contributed by atoms with Gasteiger partial charge in [0.1, 0.15) is 12.3 Å². The van der Waals surface area contributed by atoms with Crippen LogP contribution in [0.2, 0.25) is 0 Å². The molecule has 2 heterocycles. The summed E-state index contributed by atoms with van der Waals surface area (Å²) in [5.41, 5.74) is -0.887. The summed E-state index contributed by atoms with van der Waals surface area (Å²) in [7, 11) is 0. The minimum absolute atomic E-state index is 0.0916. The second-order valence-corrected chi connectivity index (χ2v) is 9.69. The molecule has 7 nitrogen and oxygen atoms in total. The molecule has 1 aliphatic carbocycles. The van der Waals surface area contributed by atoms with Gasteiger partial charge in [0.05, 0.1) is 23.7 Å². The van der Waals surface area contributed by atoms with Crippen LogP contribution in [0.5, 0.6) is 0 Å². The molecule has 2 fully saturated rings. The number of carbonyl (C=O) groups is 2. The summed E-state index contributed by atoms with van der Waals surface area (Å²) in [4.78, 5) is 26.0. The van der Waals surface area contributed by atoms with E-state index in [4.69, 9.17) is 0 Å². The molecule has 1 saturated heterocycles. The fourth-order valence-corrected chi connectivity index (χ4v) is 5.10. The number of rotatable bonds is 9. The number of alkyl halides is 5. The molecule has 0 spiro atoms. The van der Waals surface area contributed by atoms with Gasteiger partial charge in [-0.3, -0.25) is 19.2 Å². The fraction of sp³-hybridized carbons (Fsp3) is 0.560. The highest BCUT2D eigenvalue weighted by molar-refractivity contribution is 5.94. The molecule has 0 bridgehead atoms. The van der Waals surface area contributed by atoms with Crippen LogP contribution in [0.4, 0.5) is 22.0 Å². The highest BCUT2D eigenvalue weighted by atomic mass is 19.4. The second-order valence-electron chi connectivity index (χ2n) is 9.69. The molecule has 12 heteroatoms. The predicted octanol–water partition coefficient (Wildman–Crippen LogP) is 4.64. The van der Waals surface area contributed by atoms with Crippen molar-refractivity contribution < 1.29 is 36.6 Å². The first kappa shape index (κ1) is 27.0. The van der Waals surface area contributed by atoms with Gasteiger partial charge in [-0.1, -0.05) is 31.0 Å². The number of nitrogens with one attached hydrogen (secondary N) is 1. The monoisotopic (exact) mass is 528 g/mol. The number of carboxylic acid groups (broad SMARTS) is 1. The molecule has 1 aromatic heterocycles. The predicted molar refractivity (Wildman–Crippen MR) is 125 cm³/mol. The van der Waals surface area contributed by atoms with Gasteiger partial charge in [0.15, 0.2) is 5.69 Å². The lowest BCUT2D eigenvalue weighted by Gasteiger charge is -2.20. The van der Waals surface area contributed by atoms with Crippen LogP contribution in [-0.4, -0.2) is 69.7 Å². The molecule has 3 atom stereocenters. The molecule has 0 radical (unpaired) electrons. The van der Waals surface area contributed by atoms with Gasteiger partial charge in [-0.2, -0.15) is 18.3 Å². The maximum absolute atomic E-state index is 13.7. The molecule has 2 aromatic rings. The van der Waals surface area contributed by atoms with Gasteiger partial charge in [-0.05, 0) is 31.4 Å². The molecule has 2 aliphatic rings. The van der Waals surface area contributed by atoms with E-state index < -0.39 is 48.4 Å². The zero-order valence-corrected chi connectivity index (χ0v) is 20.1. The quantitative estimate of drug-likeness (QED) is 0.463. The zero-order chi connectivity index (χ0) is 26.7. The summed E-state index contributed by atoms with van der Waals surface area (Å²) < 4.78 is 69.7. The fourth-order valence-electron chi connectivity index (χ4n) is 5.10. The number of hydrogen-bond donors (Lipinski definition) is 2. The van der Waals surface area contributed by atoms with Crippen LogP contribution in [0.15, 0.2) is 30.3 Å². The zero-order valence-electron chi connectivity index (χ0n) is 20.1. The Balaban J connectivity index is 1.58. The Labute approximate surface area is 210 Å². The molecule has 2 N–H and O–H groups in total. The lowest BCUT2D eigenvalue weighted by Crippen LogP contribution is -2.39. The largest absolute Gasteiger partial charge is 0.481 e. The molecular weight excluding hydrogens is 499 g/mol. The molecule has 202 valence electrons. The Kier molecular flexibility index (Phi) is 8.15. The minimum Gasteiger partial charge on any atom is -0.481 e. The standard InChI is InChI=1S/C25H29F5N4O3/c26-19-13-33(14-20(19)27)10-9-15(11-23(35)36)31-24(37)21-12-22(34(32-21)16-5-1-2-6-16)17-7-3-4-8-18(17)25(28,29)30/h3-4,7-8,12,15-16,19-20H,1-2,5-6,9-11,13-14H2,(H,31,37)(H,35,36)/t15?,19-,20-/m0/s1. The van der Waals surface area contributed by atoms with Crippen LogP contribution < -0.4 is 5.32 Å². The lowest BCUT2D eigenvalue weighted by atomic mass is 10.0. The van der Waals surface area contributed by atoms with Crippen molar-refractivity contribution >= 4 is 11.9 Å². The molecule has 1 saturated carbocycles. The van der Waals surface area contributed by atoms with Gasteiger partial charge in [0, 0.05) is 31.2 Å². The van der Waals surface area contributed by atoms with Gasteiger partial charge in [-0.25, -0.2) is 8.78 Å². The van der Waals surface area contributed by atoms with Crippen LogP contribution in [0.3, 0.4) is 0 Å².